The van der Waals surface area contributed by atoms with Crippen LogP contribution in [-0.2, 0) is 4.79 Å². The van der Waals surface area contributed by atoms with Crippen molar-refractivity contribution in [2.45, 2.75) is 12.8 Å². The van der Waals surface area contributed by atoms with E-state index in [2.05, 4.69) is 7.05 Å². The van der Waals surface area contributed by atoms with Gasteiger partial charge in [-0.2, -0.15) is 0 Å². The third-order valence-corrected chi connectivity index (χ3v) is 4.06. The fraction of sp³-hybridized carbons (Fsp3) is 0.900. The van der Waals surface area contributed by atoms with E-state index >= 15 is 0 Å². The summed E-state index contributed by atoms with van der Waals surface area (Å²) in [6.07, 6.45) is 2.42. The maximum absolute atomic E-state index is 11.7. The molecule has 0 N–H and O–H groups in total. The Morgan fingerprint density at radius 1 is 1.17 bits per heavy atom. The zero-order valence-corrected chi connectivity index (χ0v) is 7.62. The maximum atomic E-state index is 11.7. The highest BCUT2D eigenvalue weighted by Crippen LogP contribution is 2.43. The topological polar surface area (TPSA) is 17.1 Å². The molecule has 2 heteroatoms. The van der Waals surface area contributed by atoms with Crippen LogP contribution in [0.1, 0.15) is 12.8 Å². The van der Waals surface area contributed by atoms with E-state index < -0.39 is 0 Å². The molecule has 3 heterocycles. The quantitative estimate of drug-likeness (QED) is 0.483. The van der Waals surface area contributed by atoms with Crippen molar-refractivity contribution in [1.29, 1.82) is 0 Å². The number of carbonyl (C=O) groups is 1. The molecule has 4 bridgehead atoms. The molecule has 4 atom stereocenters. The standard InChI is InChI=1S/C10H16NO/c1-11-4-7-2-8(5-11)10(12)9(3-7)6-11/h7-9H,2-6H2,1H3/q+1/t7?,8-,9+,11?. The van der Waals surface area contributed by atoms with Gasteiger partial charge in [0.05, 0.1) is 38.5 Å². The Morgan fingerprint density at radius 2 is 1.75 bits per heavy atom. The lowest BCUT2D eigenvalue weighted by atomic mass is 9.66. The Morgan fingerprint density at radius 3 is 2.25 bits per heavy atom. The molecule has 0 aromatic carbocycles. The van der Waals surface area contributed by atoms with Crippen LogP contribution in [0.3, 0.4) is 0 Å². The van der Waals surface area contributed by atoms with Gasteiger partial charge in [0.25, 0.3) is 0 Å². The lowest BCUT2D eigenvalue weighted by molar-refractivity contribution is -0.931. The lowest BCUT2D eigenvalue weighted by Gasteiger charge is -2.55. The number of nitrogens with zero attached hydrogens (tertiary/aromatic N) is 1. The molecule has 12 heavy (non-hydrogen) atoms. The number of rotatable bonds is 0. The van der Waals surface area contributed by atoms with Crippen LogP contribution < -0.4 is 0 Å². The maximum Gasteiger partial charge on any atom is 0.150 e. The fourth-order valence-electron chi connectivity index (χ4n) is 3.86. The second-order valence-corrected chi connectivity index (χ2v) is 5.30. The third kappa shape index (κ3) is 0.764. The first-order chi connectivity index (χ1) is 5.66. The van der Waals surface area contributed by atoms with Crippen molar-refractivity contribution in [1.82, 2.24) is 0 Å². The van der Waals surface area contributed by atoms with Crippen molar-refractivity contribution in [2.75, 3.05) is 26.7 Å². The van der Waals surface area contributed by atoms with Crippen molar-refractivity contribution >= 4 is 5.78 Å². The largest absolute Gasteiger partial charge is 0.325 e. The summed E-state index contributed by atoms with van der Waals surface area (Å²) in [4.78, 5) is 11.7. The highest BCUT2D eigenvalue weighted by atomic mass is 16.1. The smallest absolute Gasteiger partial charge is 0.150 e. The van der Waals surface area contributed by atoms with Crippen LogP contribution in [0.25, 0.3) is 0 Å². The molecule has 0 radical (unpaired) electrons. The van der Waals surface area contributed by atoms with Crippen LogP contribution in [-0.4, -0.2) is 36.9 Å². The SMILES string of the molecule is C[N+]12CC3C[C@H](C1)C(=O)[C@@H](C3)C2. The molecule has 3 aliphatic heterocycles. The van der Waals surface area contributed by atoms with E-state index in [4.69, 9.17) is 0 Å². The average molecular weight is 166 g/mol. The molecule has 3 saturated heterocycles. The van der Waals surface area contributed by atoms with E-state index in [9.17, 15) is 4.79 Å². The zero-order valence-electron chi connectivity index (χ0n) is 7.62. The van der Waals surface area contributed by atoms with Crippen LogP contribution in [0, 0.1) is 17.8 Å². The second-order valence-electron chi connectivity index (χ2n) is 5.30. The Balaban J connectivity index is 2.00. The predicted molar refractivity (Wildman–Crippen MR) is 45.5 cm³/mol. The summed E-state index contributed by atoms with van der Waals surface area (Å²) in [5.74, 6) is 2.37. The zero-order chi connectivity index (χ0) is 8.34. The van der Waals surface area contributed by atoms with E-state index in [-0.39, 0.29) is 0 Å². The number of Topliss-reactive ketones (excluding diaryl/α,β-unsaturated/α-hetero) is 1. The average Bonchev–Trinajstić information content (AvgIpc) is 1.96. The molecule has 1 saturated carbocycles. The molecular weight excluding hydrogens is 150 g/mol. The van der Waals surface area contributed by atoms with E-state index in [1.165, 1.54) is 23.9 Å². The normalized spacial score (nSPS) is 56.4. The minimum atomic E-state index is 0.446. The Hall–Kier alpha value is -0.370. The Labute approximate surface area is 73.1 Å². The van der Waals surface area contributed by atoms with Gasteiger partial charge < -0.3 is 4.48 Å². The van der Waals surface area contributed by atoms with Gasteiger partial charge in [0.15, 0.2) is 0 Å². The molecule has 0 aromatic heterocycles. The summed E-state index contributed by atoms with van der Waals surface area (Å²) in [7, 11) is 2.33. The number of carbonyl (C=O) groups excluding carboxylic acids is 1. The summed E-state index contributed by atoms with van der Waals surface area (Å²) in [5.41, 5.74) is 0. The second kappa shape index (κ2) is 1.92. The van der Waals surface area contributed by atoms with Gasteiger partial charge in [0.2, 0.25) is 0 Å². The number of quaternary nitrogens is 1. The number of hydrogen-bond acceptors (Lipinski definition) is 1. The van der Waals surface area contributed by atoms with Crippen molar-refractivity contribution < 1.29 is 9.28 Å². The van der Waals surface area contributed by atoms with E-state index in [0.717, 1.165) is 19.0 Å². The molecule has 66 valence electrons. The molecule has 2 nitrogen and oxygen atoms in total. The summed E-state index contributed by atoms with van der Waals surface area (Å²) in [6.45, 7) is 3.64. The van der Waals surface area contributed by atoms with Crippen molar-refractivity contribution in [3.8, 4) is 0 Å². The fourth-order valence-corrected chi connectivity index (χ4v) is 3.86. The molecular formula is C10H16NO+. The van der Waals surface area contributed by atoms with E-state index in [1.807, 2.05) is 0 Å². The van der Waals surface area contributed by atoms with Gasteiger partial charge in [0, 0.05) is 5.92 Å². The minimum absolute atomic E-state index is 0.446. The molecule has 2 unspecified atom stereocenters. The molecule has 1 aliphatic carbocycles. The summed E-state index contributed by atoms with van der Waals surface area (Å²) in [6, 6.07) is 0. The van der Waals surface area contributed by atoms with Gasteiger partial charge in [-0.15, -0.1) is 0 Å². The van der Waals surface area contributed by atoms with Crippen molar-refractivity contribution in [3.63, 3.8) is 0 Å². The van der Waals surface area contributed by atoms with Gasteiger partial charge >= 0.3 is 0 Å². The van der Waals surface area contributed by atoms with E-state index in [1.54, 1.807) is 0 Å². The van der Waals surface area contributed by atoms with Crippen LogP contribution in [0.2, 0.25) is 0 Å². The summed E-state index contributed by atoms with van der Waals surface area (Å²) < 4.78 is 1.20. The molecule has 4 aliphatic rings. The van der Waals surface area contributed by atoms with Crippen LogP contribution in [0.15, 0.2) is 0 Å². The van der Waals surface area contributed by atoms with Crippen molar-refractivity contribution in [2.24, 2.45) is 17.8 Å². The molecule has 0 amide bonds. The third-order valence-electron chi connectivity index (χ3n) is 4.06. The van der Waals surface area contributed by atoms with Crippen LogP contribution in [0.4, 0.5) is 0 Å². The number of hydrogen-bond donors (Lipinski definition) is 0. The number of piperidine rings is 3. The number of ketones is 1. The molecule has 4 fully saturated rings. The molecule has 4 rings (SSSR count). The van der Waals surface area contributed by atoms with Crippen molar-refractivity contribution in [3.05, 3.63) is 0 Å². The molecule has 0 spiro atoms. The van der Waals surface area contributed by atoms with E-state index in [0.29, 0.717) is 17.6 Å². The van der Waals surface area contributed by atoms with Gasteiger partial charge in [-0.1, -0.05) is 0 Å². The molecule has 0 aromatic rings. The summed E-state index contributed by atoms with van der Waals surface area (Å²) in [5, 5.41) is 0. The first kappa shape index (κ1) is 7.07. The lowest BCUT2D eigenvalue weighted by Crippen LogP contribution is -2.67. The van der Waals surface area contributed by atoms with Gasteiger partial charge in [-0.3, -0.25) is 4.79 Å². The van der Waals surface area contributed by atoms with Gasteiger partial charge in [0.1, 0.15) is 5.78 Å². The first-order valence-electron chi connectivity index (χ1n) is 5.04. The summed E-state index contributed by atoms with van der Waals surface area (Å²) >= 11 is 0. The van der Waals surface area contributed by atoms with Crippen LogP contribution >= 0.6 is 0 Å². The van der Waals surface area contributed by atoms with Gasteiger partial charge in [-0.05, 0) is 12.8 Å². The highest BCUT2D eigenvalue weighted by Gasteiger charge is 2.53. The monoisotopic (exact) mass is 166 g/mol. The minimum Gasteiger partial charge on any atom is -0.325 e. The first-order valence-corrected chi connectivity index (χ1v) is 5.04. The highest BCUT2D eigenvalue weighted by molar-refractivity contribution is 5.85. The predicted octanol–water partition coefficient (Wildman–Crippen LogP) is 0.672. The Kier molecular flexibility index (Phi) is 1.13. The Bertz CT molecular complexity index is 230. The van der Waals surface area contributed by atoms with Gasteiger partial charge in [-0.25, -0.2) is 0 Å². The van der Waals surface area contributed by atoms with Crippen LogP contribution in [0.5, 0.6) is 0 Å².